The maximum Gasteiger partial charge on any atom is 0.309 e. The zero-order valence-corrected chi connectivity index (χ0v) is 9.11. The van der Waals surface area contributed by atoms with E-state index in [0.717, 1.165) is 17.0 Å². The second kappa shape index (κ2) is 4.05. The third-order valence-corrected chi connectivity index (χ3v) is 3.44. The van der Waals surface area contributed by atoms with Gasteiger partial charge in [0.05, 0.1) is 12.7 Å². The summed E-state index contributed by atoms with van der Waals surface area (Å²) in [6, 6.07) is 0. The van der Waals surface area contributed by atoms with Crippen LogP contribution in [0.2, 0.25) is 0 Å². The van der Waals surface area contributed by atoms with Gasteiger partial charge in [-0.05, 0) is 6.92 Å². The van der Waals surface area contributed by atoms with Crippen LogP contribution in [0.5, 0.6) is 0 Å². The Morgan fingerprint density at radius 3 is 2.93 bits per heavy atom. The number of aliphatic hydroxyl groups is 2. The molecule has 2 N–H and O–H groups in total. The summed E-state index contributed by atoms with van der Waals surface area (Å²) in [5, 5.41) is 20.2. The van der Waals surface area contributed by atoms with E-state index in [1.807, 2.05) is 6.92 Å². The van der Waals surface area contributed by atoms with E-state index in [-0.39, 0.29) is 11.5 Å². The van der Waals surface area contributed by atoms with E-state index >= 15 is 0 Å². The van der Waals surface area contributed by atoms with Crippen molar-refractivity contribution in [2.75, 3.05) is 6.61 Å². The molecular formula is C9H13NO4S. The molecule has 6 heteroatoms. The average molecular weight is 231 g/mol. The largest absolute Gasteiger partial charge is 0.394 e. The van der Waals surface area contributed by atoms with Gasteiger partial charge in [-0.25, -0.2) is 0 Å². The van der Waals surface area contributed by atoms with Crippen molar-refractivity contribution < 1.29 is 14.9 Å². The van der Waals surface area contributed by atoms with Gasteiger partial charge in [0.15, 0.2) is 0 Å². The summed E-state index contributed by atoms with van der Waals surface area (Å²) < 4.78 is 6.92. The number of hydrogen-bond acceptors (Lipinski definition) is 5. The maximum atomic E-state index is 11.5. The minimum Gasteiger partial charge on any atom is -0.394 e. The van der Waals surface area contributed by atoms with Crippen molar-refractivity contribution in [3.63, 3.8) is 0 Å². The maximum absolute atomic E-state index is 11.5. The van der Waals surface area contributed by atoms with Gasteiger partial charge < -0.3 is 14.9 Å². The summed E-state index contributed by atoms with van der Waals surface area (Å²) in [6.07, 6.45) is -1.38. The highest BCUT2D eigenvalue weighted by molar-refractivity contribution is 7.07. The molecule has 3 atom stereocenters. The Labute approximate surface area is 90.5 Å². The third-order valence-electron chi connectivity index (χ3n) is 2.58. The van der Waals surface area contributed by atoms with Crippen molar-refractivity contribution >= 4 is 11.3 Å². The Morgan fingerprint density at radius 1 is 1.73 bits per heavy atom. The summed E-state index contributed by atoms with van der Waals surface area (Å²) in [4.78, 5) is 11.4. The Morgan fingerprint density at radius 2 is 2.47 bits per heavy atom. The van der Waals surface area contributed by atoms with Crippen LogP contribution in [-0.2, 0) is 4.74 Å². The number of ether oxygens (including phenoxy) is 1. The highest BCUT2D eigenvalue weighted by Crippen LogP contribution is 2.28. The van der Waals surface area contributed by atoms with Crippen molar-refractivity contribution in [2.24, 2.45) is 0 Å². The van der Waals surface area contributed by atoms with E-state index in [2.05, 4.69) is 0 Å². The van der Waals surface area contributed by atoms with E-state index in [1.165, 1.54) is 4.57 Å². The molecule has 1 saturated heterocycles. The lowest BCUT2D eigenvalue weighted by molar-refractivity contribution is -0.0455. The molecule has 0 amide bonds. The minimum absolute atomic E-state index is 0.0942. The molecule has 0 aromatic carbocycles. The number of aliphatic hydroxyl groups excluding tert-OH is 2. The number of aryl methyl sites for hydroxylation is 1. The van der Waals surface area contributed by atoms with E-state index < -0.39 is 18.4 Å². The monoisotopic (exact) mass is 231 g/mol. The predicted octanol–water partition coefficient (Wildman–Crippen LogP) is -0.141. The molecule has 1 fully saturated rings. The first kappa shape index (κ1) is 10.8. The SMILES string of the molecule is Cc1csc(=O)n1C1C[C@H](O)[C@@H](CO)O1. The van der Waals surface area contributed by atoms with Crippen LogP contribution in [0.15, 0.2) is 10.2 Å². The second-order valence-corrected chi connectivity index (χ2v) is 4.45. The highest BCUT2D eigenvalue weighted by Gasteiger charge is 2.35. The lowest BCUT2D eigenvalue weighted by Gasteiger charge is -2.13. The first-order valence-electron chi connectivity index (χ1n) is 4.74. The lowest BCUT2D eigenvalue weighted by Crippen LogP contribution is -2.25. The normalized spacial score (nSPS) is 31.0. The van der Waals surface area contributed by atoms with Crippen molar-refractivity contribution in [1.82, 2.24) is 4.57 Å². The summed E-state index contributed by atoms with van der Waals surface area (Å²) in [6.45, 7) is 1.59. The lowest BCUT2D eigenvalue weighted by atomic mass is 10.2. The van der Waals surface area contributed by atoms with Gasteiger partial charge in [0, 0.05) is 17.5 Å². The standard InChI is InChI=1S/C9H13NO4S/c1-5-4-15-9(13)10(5)8-2-6(12)7(3-11)14-8/h4,6-8,11-12H,2-3H2,1H3/t6-,7+,8?/m0/s1. The van der Waals surface area contributed by atoms with Crippen molar-refractivity contribution in [3.05, 3.63) is 20.7 Å². The molecule has 1 aliphatic rings. The van der Waals surface area contributed by atoms with Gasteiger partial charge >= 0.3 is 4.87 Å². The molecule has 0 aliphatic carbocycles. The molecule has 0 saturated carbocycles. The fourth-order valence-electron chi connectivity index (χ4n) is 1.78. The fourth-order valence-corrected chi connectivity index (χ4v) is 2.54. The quantitative estimate of drug-likeness (QED) is 0.743. The van der Waals surface area contributed by atoms with Crippen LogP contribution in [0, 0.1) is 6.92 Å². The number of aromatic nitrogens is 1. The molecule has 5 nitrogen and oxygen atoms in total. The highest BCUT2D eigenvalue weighted by atomic mass is 32.1. The topological polar surface area (TPSA) is 71.7 Å². The van der Waals surface area contributed by atoms with Crippen LogP contribution in [0.25, 0.3) is 0 Å². The van der Waals surface area contributed by atoms with E-state index in [9.17, 15) is 9.90 Å². The minimum atomic E-state index is -0.703. The van der Waals surface area contributed by atoms with Gasteiger partial charge in [-0.1, -0.05) is 11.3 Å². The van der Waals surface area contributed by atoms with Gasteiger partial charge in [0.1, 0.15) is 12.3 Å². The molecule has 1 unspecified atom stereocenters. The predicted molar refractivity (Wildman–Crippen MR) is 54.9 cm³/mol. The zero-order valence-electron chi connectivity index (χ0n) is 8.29. The van der Waals surface area contributed by atoms with Gasteiger partial charge in [0.2, 0.25) is 0 Å². The Hall–Kier alpha value is -0.690. The van der Waals surface area contributed by atoms with Crippen LogP contribution in [0.1, 0.15) is 18.3 Å². The smallest absolute Gasteiger partial charge is 0.309 e. The number of nitrogens with zero attached hydrogens (tertiary/aromatic N) is 1. The number of hydrogen-bond donors (Lipinski definition) is 2. The third kappa shape index (κ3) is 1.85. The summed E-state index contributed by atoms with van der Waals surface area (Å²) in [5.74, 6) is 0. The summed E-state index contributed by atoms with van der Waals surface area (Å²) in [7, 11) is 0. The average Bonchev–Trinajstić information content (AvgIpc) is 2.70. The van der Waals surface area contributed by atoms with E-state index in [1.54, 1.807) is 5.38 Å². The summed E-state index contributed by atoms with van der Waals surface area (Å²) >= 11 is 1.11. The molecule has 1 aromatic heterocycles. The molecule has 1 aliphatic heterocycles. The van der Waals surface area contributed by atoms with E-state index in [4.69, 9.17) is 9.84 Å². The van der Waals surface area contributed by atoms with Crippen LogP contribution < -0.4 is 4.87 Å². The van der Waals surface area contributed by atoms with E-state index in [0.29, 0.717) is 6.42 Å². The Kier molecular flexibility index (Phi) is 2.92. The molecule has 84 valence electrons. The van der Waals surface area contributed by atoms with Crippen LogP contribution in [0.3, 0.4) is 0 Å². The molecule has 0 radical (unpaired) electrons. The first-order valence-corrected chi connectivity index (χ1v) is 5.62. The zero-order chi connectivity index (χ0) is 11.0. The first-order chi connectivity index (χ1) is 7.13. The molecule has 2 rings (SSSR count). The molecular weight excluding hydrogens is 218 g/mol. The number of thiazole rings is 1. The summed E-state index contributed by atoms with van der Waals surface area (Å²) in [5.41, 5.74) is 0.820. The molecule has 1 aromatic rings. The van der Waals surface area contributed by atoms with Crippen molar-refractivity contribution in [1.29, 1.82) is 0 Å². The fraction of sp³-hybridized carbons (Fsp3) is 0.667. The molecule has 0 bridgehead atoms. The van der Waals surface area contributed by atoms with Gasteiger partial charge in [-0.2, -0.15) is 0 Å². The number of rotatable bonds is 2. The second-order valence-electron chi connectivity index (χ2n) is 3.63. The molecule has 15 heavy (non-hydrogen) atoms. The van der Waals surface area contributed by atoms with Crippen molar-refractivity contribution in [3.8, 4) is 0 Å². The Bertz CT molecular complexity index is 399. The Balaban J connectivity index is 2.24. The van der Waals surface area contributed by atoms with Crippen LogP contribution in [0.4, 0.5) is 0 Å². The van der Waals surface area contributed by atoms with Crippen LogP contribution in [-0.4, -0.2) is 33.6 Å². The van der Waals surface area contributed by atoms with Gasteiger partial charge in [0.25, 0.3) is 0 Å². The van der Waals surface area contributed by atoms with Gasteiger partial charge in [-0.3, -0.25) is 9.36 Å². The molecule has 2 heterocycles. The van der Waals surface area contributed by atoms with Crippen molar-refractivity contribution in [2.45, 2.75) is 31.8 Å². The van der Waals surface area contributed by atoms with Crippen LogP contribution >= 0.6 is 11.3 Å². The van der Waals surface area contributed by atoms with Gasteiger partial charge in [-0.15, -0.1) is 0 Å². The molecule has 0 spiro atoms.